The van der Waals surface area contributed by atoms with Crippen LogP contribution in [0.3, 0.4) is 0 Å². The highest BCUT2D eigenvalue weighted by Crippen LogP contribution is 2.44. The third-order valence-corrected chi connectivity index (χ3v) is 6.80. The highest BCUT2D eigenvalue weighted by atomic mass is 32.2. The van der Waals surface area contributed by atoms with Gasteiger partial charge in [-0.1, -0.05) is 60.3 Å². The molecule has 5 rings (SSSR count). The molecule has 172 valence electrons. The van der Waals surface area contributed by atoms with E-state index < -0.39 is 5.25 Å². The molecule has 1 saturated carbocycles. The molecule has 0 radical (unpaired) electrons. The first-order valence-corrected chi connectivity index (χ1v) is 11.9. The van der Waals surface area contributed by atoms with E-state index in [0.717, 1.165) is 18.4 Å². The molecule has 0 unspecified atom stereocenters. The van der Waals surface area contributed by atoms with E-state index in [0.29, 0.717) is 28.0 Å². The van der Waals surface area contributed by atoms with Gasteiger partial charge in [0.05, 0.1) is 12.7 Å². The van der Waals surface area contributed by atoms with E-state index in [9.17, 15) is 9.18 Å². The Labute approximate surface area is 201 Å². The summed E-state index contributed by atoms with van der Waals surface area (Å²) in [4.78, 5) is 13.5. The first-order valence-electron chi connectivity index (χ1n) is 11.0. The first kappa shape index (κ1) is 22.2. The van der Waals surface area contributed by atoms with E-state index in [4.69, 9.17) is 4.74 Å². The topological polar surface area (TPSA) is 69.0 Å². The summed E-state index contributed by atoms with van der Waals surface area (Å²) in [5, 5.41) is 11.7. The molecule has 1 fully saturated rings. The van der Waals surface area contributed by atoms with Gasteiger partial charge in [-0.3, -0.25) is 9.36 Å². The number of methoxy groups -OCH3 is 1. The predicted octanol–water partition coefficient (Wildman–Crippen LogP) is 5.90. The van der Waals surface area contributed by atoms with Crippen LogP contribution >= 0.6 is 11.8 Å². The lowest BCUT2D eigenvalue weighted by molar-refractivity contribution is -0.115. The molecule has 6 nitrogen and oxygen atoms in total. The minimum absolute atomic E-state index is 0.192. The van der Waals surface area contributed by atoms with E-state index in [1.165, 1.54) is 17.8 Å². The molecule has 0 spiro atoms. The van der Waals surface area contributed by atoms with Gasteiger partial charge in [0.2, 0.25) is 5.91 Å². The molecule has 1 heterocycles. The largest absolute Gasteiger partial charge is 0.497 e. The maximum Gasteiger partial charge on any atom is 0.242 e. The van der Waals surface area contributed by atoms with Crippen LogP contribution in [0.25, 0.3) is 11.4 Å². The van der Waals surface area contributed by atoms with Crippen LogP contribution in [0.15, 0.2) is 84.0 Å². The number of thioether (sulfide) groups is 1. The fraction of sp³-hybridized carbons (Fsp3) is 0.192. The van der Waals surface area contributed by atoms with Crippen molar-refractivity contribution in [3.05, 3.63) is 90.2 Å². The maximum absolute atomic E-state index is 14.5. The Morgan fingerprint density at radius 2 is 1.82 bits per heavy atom. The van der Waals surface area contributed by atoms with Crippen molar-refractivity contribution in [1.29, 1.82) is 0 Å². The minimum Gasteiger partial charge on any atom is -0.497 e. The van der Waals surface area contributed by atoms with Crippen LogP contribution in [-0.4, -0.2) is 27.8 Å². The van der Waals surface area contributed by atoms with Crippen LogP contribution in [-0.2, 0) is 4.79 Å². The fourth-order valence-electron chi connectivity index (χ4n) is 3.76. The maximum atomic E-state index is 14.5. The third kappa shape index (κ3) is 4.68. The summed E-state index contributed by atoms with van der Waals surface area (Å²) in [6, 6.07) is 23.5. The van der Waals surface area contributed by atoms with Crippen molar-refractivity contribution in [2.24, 2.45) is 0 Å². The summed E-state index contributed by atoms with van der Waals surface area (Å²) < 4.78 is 21.8. The Kier molecular flexibility index (Phi) is 6.31. The Morgan fingerprint density at radius 1 is 1.06 bits per heavy atom. The molecule has 1 aliphatic rings. The molecule has 3 aromatic carbocycles. The van der Waals surface area contributed by atoms with Crippen LogP contribution in [0.4, 0.5) is 10.1 Å². The molecule has 0 bridgehead atoms. The van der Waals surface area contributed by atoms with Crippen molar-refractivity contribution >= 4 is 23.4 Å². The second-order valence-electron chi connectivity index (χ2n) is 8.02. The lowest BCUT2D eigenvalue weighted by Crippen LogP contribution is -2.19. The van der Waals surface area contributed by atoms with Crippen LogP contribution in [0.1, 0.15) is 29.7 Å². The van der Waals surface area contributed by atoms with Crippen molar-refractivity contribution in [2.75, 3.05) is 12.4 Å². The number of benzene rings is 3. The van der Waals surface area contributed by atoms with Gasteiger partial charge in [0.1, 0.15) is 16.8 Å². The Balaban J connectivity index is 1.49. The predicted molar refractivity (Wildman–Crippen MR) is 130 cm³/mol. The average Bonchev–Trinajstić information content (AvgIpc) is 3.62. The molecule has 0 aliphatic heterocycles. The zero-order valence-corrected chi connectivity index (χ0v) is 19.3. The van der Waals surface area contributed by atoms with Gasteiger partial charge in [-0.15, -0.1) is 10.2 Å². The fourth-order valence-corrected chi connectivity index (χ4v) is 4.87. The molecule has 1 amide bonds. The van der Waals surface area contributed by atoms with Gasteiger partial charge in [-0.05, 0) is 42.7 Å². The lowest BCUT2D eigenvalue weighted by Gasteiger charge is -2.18. The van der Waals surface area contributed by atoms with E-state index in [1.807, 2.05) is 53.1 Å². The second kappa shape index (κ2) is 9.69. The number of rotatable bonds is 8. The Hall–Kier alpha value is -3.65. The van der Waals surface area contributed by atoms with Gasteiger partial charge in [0.25, 0.3) is 0 Å². The minimum atomic E-state index is -0.581. The normalized spacial score (nSPS) is 13.9. The summed E-state index contributed by atoms with van der Waals surface area (Å²) in [6.45, 7) is 0. The van der Waals surface area contributed by atoms with Crippen molar-refractivity contribution < 1.29 is 13.9 Å². The van der Waals surface area contributed by atoms with Gasteiger partial charge >= 0.3 is 0 Å². The number of halogens is 1. The third-order valence-electron chi connectivity index (χ3n) is 5.59. The number of hydrogen-bond acceptors (Lipinski definition) is 5. The number of anilines is 1. The molecule has 1 aliphatic carbocycles. The Morgan fingerprint density at radius 3 is 2.56 bits per heavy atom. The first-order chi connectivity index (χ1) is 16.6. The Bertz CT molecular complexity index is 1310. The number of nitrogens with one attached hydrogen (secondary N) is 1. The monoisotopic (exact) mass is 474 g/mol. The van der Waals surface area contributed by atoms with Crippen molar-refractivity contribution in [3.8, 4) is 17.1 Å². The van der Waals surface area contributed by atoms with Crippen LogP contribution < -0.4 is 10.1 Å². The summed E-state index contributed by atoms with van der Waals surface area (Å²) >= 11 is 1.32. The standard InChI is InChI=1S/C26H23FN4O2S/c1-33-20-11-7-10-18(16-20)28-25(32)23(17-8-3-2-4-9-17)34-26-30-29-24(31(26)19-14-15-19)21-12-5-6-13-22(21)27/h2-13,16,19,23H,14-15H2,1H3,(H,28,32)/t23-/m1/s1. The molecular formula is C26H23FN4O2S. The zero-order valence-electron chi connectivity index (χ0n) is 18.5. The van der Waals surface area contributed by atoms with E-state index in [-0.39, 0.29) is 17.8 Å². The van der Waals surface area contributed by atoms with Gasteiger partial charge in [-0.25, -0.2) is 4.39 Å². The van der Waals surface area contributed by atoms with Gasteiger partial charge < -0.3 is 10.1 Å². The van der Waals surface area contributed by atoms with E-state index in [1.54, 1.807) is 31.4 Å². The quantitative estimate of drug-likeness (QED) is 0.322. The van der Waals surface area contributed by atoms with Crippen molar-refractivity contribution in [1.82, 2.24) is 14.8 Å². The van der Waals surface area contributed by atoms with Crippen molar-refractivity contribution in [3.63, 3.8) is 0 Å². The molecule has 1 atom stereocenters. The van der Waals surface area contributed by atoms with Gasteiger partial charge in [0.15, 0.2) is 11.0 Å². The summed E-state index contributed by atoms with van der Waals surface area (Å²) in [5.41, 5.74) is 1.89. The summed E-state index contributed by atoms with van der Waals surface area (Å²) in [5.74, 6) is 0.610. The molecule has 4 aromatic rings. The number of carbonyl (C=O) groups excluding carboxylic acids is 1. The number of ether oxygens (including phenoxy) is 1. The number of hydrogen-bond donors (Lipinski definition) is 1. The number of aromatic nitrogens is 3. The van der Waals surface area contributed by atoms with Crippen LogP contribution in [0, 0.1) is 5.82 Å². The van der Waals surface area contributed by atoms with Gasteiger partial charge in [0, 0.05) is 17.8 Å². The number of amides is 1. The van der Waals surface area contributed by atoms with Crippen LogP contribution in [0.5, 0.6) is 5.75 Å². The zero-order chi connectivity index (χ0) is 23.5. The van der Waals surface area contributed by atoms with Gasteiger partial charge in [-0.2, -0.15) is 0 Å². The second-order valence-corrected chi connectivity index (χ2v) is 9.09. The molecule has 8 heteroatoms. The number of nitrogens with zero attached hydrogens (tertiary/aromatic N) is 3. The highest BCUT2D eigenvalue weighted by Gasteiger charge is 2.33. The van der Waals surface area contributed by atoms with E-state index in [2.05, 4.69) is 15.5 Å². The molecule has 1 aromatic heterocycles. The van der Waals surface area contributed by atoms with Crippen molar-refractivity contribution in [2.45, 2.75) is 29.3 Å². The molecular weight excluding hydrogens is 451 g/mol. The molecule has 1 N–H and O–H groups in total. The van der Waals surface area contributed by atoms with Crippen LogP contribution in [0.2, 0.25) is 0 Å². The molecule has 0 saturated heterocycles. The highest BCUT2D eigenvalue weighted by molar-refractivity contribution is 8.00. The number of carbonyl (C=O) groups is 1. The average molecular weight is 475 g/mol. The summed E-state index contributed by atoms with van der Waals surface area (Å²) in [6.07, 6.45) is 1.94. The summed E-state index contributed by atoms with van der Waals surface area (Å²) in [7, 11) is 1.58. The SMILES string of the molecule is COc1cccc(NC(=O)[C@H](Sc2nnc(-c3ccccc3F)n2C2CC2)c2ccccc2)c1. The smallest absolute Gasteiger partial charge is 0.242 e. The molecule has 34 heavy (non-hydrogen) atoms. The lowest BCUT2D eigenvalue weighted by atomic mass is 10.1. The van der Waals surface area contributed by atoms with E-state index >= 15 is 0 Å².